The summed E-state index contributed by atoms with van der Waals surface area (Å²) in [5, 5.41) is 0.936. The second-order valence-corrected chi connectivity index (χ2v) is 6.77. The van der Waals surface area contributed by atoms with E-state index < -0.39 is 0 Å². The number of amides is 1. The molecule has 1 fully saturated rings. The summed E-state index contributed by atoms with van der Waals surface area (Å²) >= 11 is 12.3. The Morgan fingerprint density at radius 1 is 1.13 bits per heavy atom. The molecule has 2 heterocycles. The van der Waals surface area contributed by atoms with E-state index in [0.717, 1.165) is 31.5 Å². The van der Waals surface area contributed by atoms with Crippen LogP contribution in [0.3, 0.4) is 0 Å². The molecule has 23 heavy (non-hydrogen) atoms. The third-order valence-corrected chi connectivity index (χ3v) is 5.09. The highest BCUT2D eigenvalue weighted by Gasteiger charge is 2.22. The van der Waals surface area contributed by atoms with Crippen LogP contribution in [0.25, 0.3) is 11.3 Å². The van der Waals surface area contributed by atoms with Crippen molar-refractivity contribution in [3.05, 3.63) is 52.1 Å². The predicted molar refractivity (Wildman–Crippen MR) is 94.0 cm³/mol. The van der Waals surface area contributed by atoms with Gasteiger partial charge in [0.05, 0.1) is 15.7 Å². The SMILES string of the molecule is CC1CCN(C(=O)c2cccc(-c3cccc(Cl)c3Cl)n2)CC1. The second kappa shape index (κ2) is 6.90. The summed E-state index contributed by atoms with van der Waals surface area (Å²) in [7, 11) is 0. The highest BCUT2D eigenvalue weighted by Crippen LogP contribution is 2.32. The topological polar surface area (TPSA) is 33.2 Å². The van der Waals surface area contributed by atoms with Crippen LogP contribution in [0.2, 0.25) is 10.0 Å². The quantitative estimate of drug-likeness (QED) is 0.770. The Bertz CT molecular complexity index is 725. The third-order valence-electron chi connectivity index (χ3n) is 4.27. The van der Waals surface area contributed by atoms with Gasteiger partial charge in [-0.05, 0) is 37.0 Å². The van der Waals surface area contributed by atoms with Gasteiger partial charge in [0.2, 0.25) is 0 Å². The Hall–Kier alpha value is -1.58. The van der Waals surface area contributed by atoms with Crippen molar-refractivity contribution in [3.8, 4) is 11.3 Å². The Kier molecular flexibility index (Phi) is 4.88. The molecule has 3 nitrogen and oxygen atoms in total. The number of aromatic nitrogens is 1. The molecule has 120 valence electrons. The Morgan fingerprint density at radius 2 is 1.83 bits per heavy atom. The molecular formula is C18H18Cl2N2O. The van der Waals surface area contributed by atoms with Crippen molar-refractivity contribution >= 4 is 29.1 Å². The minimum atomic E-state index is -0.0168. The van der Waals surface area contributed by atoms with Crippen LogP contribution in [0.5, 0.6) is 0 Å². The molecule has 0 atom stereocenters. The lowest BCUT2D eigenvalue weighted by Gasteiger charge is -2.30. The summed E-state index contributed by atoms with van der Waals surface area (Å²) in [5.74, 6) is 0.667. The van der Waals surface area contributed by atoms with E-state index in [1.807, 2.05) is 29.2 Å². The number of piperidine rings is 1. The van der Waals surface area contributed by atoms with Crippen LogP contribution < -0.4 is 0 Å². The fourth-order valence-electron chi connectivity index (χ4n) is 2.78. The zero-order valence-electron chi connectivity index (χ0n) is 12.9. The van der Waals surface area contributed by atoms with E-state index in [1.165, 1.54) is 0 Å². The molecule has 0 N–H and O–H groups in total. The van der Waals surface area contributed by atoms with E-state index in [9.17, 15) is 4.79 Å². The van der Waals surface area contributed by atoms with Crippen molar-refractivity contribution in [3.63, 3.8) is 0 Å². The van der Waals surface area contributed by atoms with Crippen LogP contribution >= 0.6 is 23.2 Å². The van der Waals surface area contributed by atoms with Crippen LogP contribution in [0.1, 0.15) is 30.3 Å². The zero-order valence-corrected chi connectivity index (χ0v) is 14.4. The van der Waals surface area contributed by atoms with Gasteiger partial charge in [0.15, 0.2) is 0 Å². The van der Waals surface area contributed by atoms with Gasteiger partial charge in [-0.2, -0.15) is 0 Å². The second-order valence-electron chi connectivity index (χ2n) is 5.98. The Balaban J connectivity index is 1.88. The van der Waals surface area contributed by atoms with E-state index in [2.05, 4.69) is 11.9 Å². The normalized spacial score (nSPS) is 15.7. The average Bonchev–Trinajstić information content (AvgIpc) is 2.57. The van der Waals surface area contributed by atoms with E-state index in [0.29, 0.717) is 27.4 Å². The van der Waals surface area contributed by atoms with Crippen LogP contribution in [-0.4, -0.2) is 28.9 Å². The van der Waals surface area contributed by atoms with Crippen molar-refractivity contribution in [2.75, 3.05) is 13.1 Å². The molecule has 1 aliphatic heterocycles. The molecular weight excluding hydrogens is 331 g/mol. The molecule has 1 aromatic carbocycles. The van der Waals surface area contributed by atoms with Crippen LogP contribution in [-0.2, 0) is 0 Å². The minimum absolute atomic E-state index is 0.0168. The Morgan fingerprint density at radius 3 is 2.57 bits per heavy atom. The number of hydrogen-bond donors (Lipinski definition) is 0. The number of likely N-dealkylation sites (tertiary alicyclic amines) is 1. The lowest BCUT2D eigenvalue weighted by Crippen LogP contribution is -2.38. The van der Waals surface area contributed by atoms with E-state index in [-0.39, 0.29) is 5.91 Å². The smallest absolute Gasteiger partial charge is 0.272 e. The molecule has 2 aromatic rings. The van der Waals surface area contributed by atoms with Gasteiger partial charge in [0.25, 0.3) is 5.91 Å². The van der Waals surface area contributed by atoms with Crippen molar-refractivity contribution in [2.24, 2.45) is 5.92 Å². The minimum Gasteiger partial charge on any atom is -0.337 e. The molecule has 1 aromatic heterocycles. The summed E-state index contributed by atoms with van der Waals surface area (Å²) < 4.78 is 0. The molecule has 0 saturated carbocycles. The highest BCUT2D eigenvalue weighted by molar-refractivity contribution is 6.43. The number of hydrogen-bond acceptors (Lipinski definition) is 2. The van der Waals surface area contributed by atoms with Crippen LogP contribution in [0.4, 0.5) is 0 Å². The molecule has 0 bridgehead atoms. The van der Waals surface area contributed by atoms with Gasteiger partial charge < -0.3 is 4.90 Å². The maximum atomic E-state index is 12.6. The van der Waals surface area contributed by atoms with Gasteiger partial charge in [0.1, 0.15) is 5.69 Å². The zero-order chi connectivity index (χ0) is 16.4. The third kappa shape index (κ3) is 3.51. The highest BCUT2D eigenvalue weighted by atomic mass is 35.5. The van der Waals surface area contributed by atoms with Crippen molar-refractivity contribution in [1.29, 1.82) is 0 Å². The summed E-state index contributed by atoms with van der Waals surface area (Å²) in [6, 6.07) is 10.8. The summed E-state index contributed by atoms with van der Waals surface area (Å²) in [4.78, 5) is 19.0. The maximum absolute atomic E-state index is 12.6. The average molecular weight is 349 g/mol. The van der Waals surface area contributed by atoms with E-state index >= 15 is 0 Å². The van der Waals surface area contributed by atoms with Crippen LogP contribution in [0, 0.1) is 5.92 Å². The fraction of sp³-hybridized carbons (Fsp3) is 0.333. The van der Waals surface area contributed by atoms with Crippen molar-refractivity contribution < 1.29 is 4.79 Å². The molecule has 5 heteroatoms. The van der Waals surface area contributed by atoms with Crippen molar-refractivity contribution in [2.45, 2.75) is 19.8 Å². The van der Waals surface area contributed by atoms with Gasteiger partial charge >= 0.3 is 0 Å². The summed E-state index contributed by atoms with van der Waals surface area (Å²) in [6.07, 6.45) is 2.09. The van der Waals surface area contributed by atoms with Crippen molar-refractivity contribution in [1.82, 2.24) is 9.88 Å². The number of halogens is 2. The monoisotopic (exact) mass is 348 g/mol. The molecule has 1 saturated heterocycles. The van der Waals surface area contributed by atoms with Crippen LogP contribution in [0.15, 0.2) is 36.4 Å². The first-order valence-electron chi connectivity index (χ1n) is 7.77. The van der Waals surface area contributed by atoms with E-state index in [1.54, 1.807) is 12.1 Å². The molecule has 0 aliphatic carbocycles. The fourth-order valence-corrected chi connectivity index (χ4v) is 3.18. The van der Waals surface area contributed by atoms with Gasteiger partial charge in [-0.15, -0.1) is 0 Å². The molecule has 1 amide bonds. The number of rotatable bonds is 2. The number of benzene rings is 1. The molecule has 0 unspecified atom stereocenters. The summed E-state index contributed by atoms with van der Waals surface area (Å²) in [5.41, 5.74) is 1.85. The summed E-state index contributed by atoms with van der Waals surface area (Å²) in [6.45, 7) is 3.81. The predicted octanol–water partition coefficient (Wildman–Crippen LogP) is 4.93. The lowest BCUT2D eigenvalue weighted by atomic mass is 9.99. The lowest BCUT2D eigenvalue weighted by molar-refractivity contribution is 0.0691. The van der Waals surface area contributed by atoms with Gasteiger partial charge in [-0.25, -0.2) is 4.98 Å². The largest absolute Gasteiger partial charge is 0.337 e. The molecule has 3 rings (SSSR count). The standard InChI is InChI=1S/C18H18Cl2N2O/c1-12-8-10-22(11-9-12)18(23)16-7-3-6-15(21-16)13-4-2-5-14(19)17(13)20/h2-7,12H,8-11H2,1H3. The maximum Gasteiger partial charge on any atom is 0.272 e. The van der Waals surface area contributed by atoms with Gasteiger partial charge in [-0.1, -0.05) is 48.3 Å². The molecule has 0 radical (unpaired) electrons. The Labute approximate surface area is 146 Å². The first-order valence-corrected chi connectivity index (χ1v) is 8.52. The number of pyridine rings is 1. The molecule has 1 aliphatic rings. The number of carbonyl (C=O) groups excluding carboxylic acids is 1. The number of nitrogens with zero attached hydrogens (tertiary/aromatic N) is 2. The van der Waals surface area contributed by atoms with Gasteiger partial charge in [-0.3, -0.25) is 4.79 Å². The van der Waals surface area contributed by atoms with Gasteiger partial charge in [0, 0.05) is 18.7 Å². The van der Waals surface area contributed by atoms with E-state index in [4.69, 9.17) is 23.2 Å². The number of carbonyl (C=O) groups is 1. The first kappa shape index (κ1) is 16.3. The first-order chi connectivity index (χ1) is 11.1. The molecule has 0 spiro atoms.